The number of hydrogen-bond acceptors (Lipinski definition) is 3. The molecule has 0 saturated heterocycles. The third kappa shape index (κ3) is 1.51. The van der Waals surface area contributed by atoms with E-state index in [1.165, 1.54) is 0 Å². The van der Waals surface area contributed by atoms with Crippen molar-refractivity contribution in [1.82, 2.24) is 0 Å². The molecule has 0 atom stereocenters. The van der Waals surface area contributed by atoms with Gasteiger partial charge in [0.25, 0.3) is 0 Å². The van der Waals surface area contributed by atoms with Crippen molar-refractivity contribution in [2.24, 2.45) is 22.4 Å². The quantitative estimate of drug-likeness (QED) is 0.178. The van der Waals surface area contributed by atoms with Crippen molar-refractivity contribution in [2.45, 2.75) is 6.92 Å². The van der Waals surface area contributed by atoms with Crippen LogP contribution in [0.2, 0.25) is 0 Å². The van der Waals surface area contributed by atoms with E-state index in [4.69, 9.17) is 17.3 Å². The van der Waals surface area contributed by atoms with Crippen molar-refractivity contribution < 1.29 is 0 Å². The van der Waals surface area contributed by atoms with Crippen LogP contribution in [0.25, 0.3) is 0 Å². The summed E-state index contributed by atoms with van der Waals surface area (Å²) in [5.41, 5.74) is 10.8. The molecule has 0 heterocycles. The molecule has 4 heteroatoms. The average molecular weight is 114 g/mol. The first-order valence-electron chi connectivity index (χ1n) is 2.18. The molecule has 0 radical (unpaired) electrons. The zero-order valence-electron chi connectivity index (χ0n) is 4.76. The summed E-state index contributed by atoms with van der Waals surface area (Å²) < 4.78 is 0. The number of amidine groups is 1. The second kappa shape index (κ2) is 2.90. The summed E-state index contributed by atoms with van der Waals surface area (Å²) >= 11 is 0. The van der Waals surface area contributed by atoms with Gasteiger partial charge in [-0.05, 0) is 6.92 Å². The molecule has 0 rings (SSSR count). The highest BCUT2D eigenvalue weighted by Gasteiger charge is 1.89. The fourth-order valence-electron chi connectivity index (χ4n) is 0.222. The van der Waals surface area contributed by atoms with E-state index in [-0.39, 0.29) is 5.84 Å². The van der Waals surface area contributed by atoms with E-state index in [0.29, 0.717) is 5.70 Å². The molecule has 4 nitrogen and oxygen atoms in total. The Hall–Kier alpha value is -1.19. The van der Waals surface area contributed by atoms with Crippen LogP contribution in [-0.2, 0) is 0 Å². The fourth-order valence-corrected chi connectivity index (χ4v) is 0.222. The number of hydrogen-bond donors (Lipinski definition) is 3. The Morgan fingerprint density at radius 3 is 2.12 bits per heavy atom. The number of allylic oxidation sites excluding steroid dienone is 1. The Morgan fingerprint density at radius 2 is 2.00 bits per heavy atom. The summed E-state index contributed by atoms with van der Waals surface area (Å²) in [4.78, 5) is 0. The maximum atomic E-state index is 5.25. The van der Waals surface area contributed by atoms with Gasteiger partial charge in [-0.2, -0.15) is 5.10 Å². The monoisotopic (exact) mass is 114 g/mol. The SMILES string of the molecule is C/C=C(N)\C(N)=N/N. The predicted molar refractivity (Wildman–Crippen MR) is 33.8 cm³/mol. The lowest BCUT2D eigenvalue weighted by Crippen LogP contribution is -2.21. The molecular formula is C4H10N4. The summed E-state index contributed by atoms with van der Waals surface area (Å²) in [5, 5.41) is 3.16. The third-order valence-electron chi connectivity index (χ3n) is 0.746. The van der Waals surface area contributed by atoms with Gasteiger partial charge in [0, 0.05) is 0 Å². The van der Waals surface area contributed by atoms with Crippen LogP contribution < -0.4 is 17.3 Å². The molecule has 0 bridgehead atoms. The largest absolute Gasteiger partial charge is 0.396 e. The Kier molecular flexibility index (Phi) is 2.47. The van der Waals surface area contributed by atoms with Gasteiger partial charge >= 0.3 is 0 Å². The standard InChI is InChI=1S/C4H10N4/c1-2-3(5)4(6)8-7/h2H,5,7H2,1H3,(H2,6,8)/b3-2+. The van der Waals surface area contributed by atoms with Crippen molar-refractivity contribution in [3.05, 3.63) is 11.8 Å². The van der Waals surface area contributed by atoms with Gasteiger partial charge in [-0.1, -0.05) is 6.08 Å². The van der Waals surface area contributed by atoms with Crippen LogP contribution in [0.3, 0.4) is 0 Å². The highest BCUT2D eigenvalue weighted by molar-refractivity contribution is 5.95. The van der Waals surface area contributed by atoms with Crippen LogP contribution in [-0.4, -0.2) is 5.84 Å². The molecule has 0 aliphatic carbocycles. The Morgan fingerprint density at radius 1 is 1.50 bits per heavy atom. The normalized spacial score (nSPS) is 14.1. The van der Waals surface area contributed by atoms with Gasteiger partial charge in [-0.3, -0.25) is 0 Å². The van der Waals surface area contributed by atoms with Gasteiger partial charge in [0.2, 0.25) is 0 Å². The highest BCUT2D eigenvalue weighted by atomic mass is 15.2. The van der Waals surface area contributed by atoms with Gasteiger partial charge in [0.05, 0.1) is 5.70 Å². The van der Waals surface area contributed by atoms with E-state index in [9.17, 15) is 0 Å². The Labute approximate surface area is 48.0 Å². The van der Waals surface area contributed by atoms with Crippen LogP contribution in [0.15, 0.2) is 16.9 Å². The summed E-state index contributed by atoms with van der Waals surface area (Å²) in [6.45, 7) is 1.76. The maximum Gasteiger partial charge on any atom is 0.165 e. The Bertz CT molecular complexity index is 108. The number of nitrogens with two attached hydrogens (primary N) is 3. The number of rotatable bonds is 1. The van der Waals surface area contributed by atoms with Gasteiger partial charge in [0.15, 0.2) is 5.84 Å². The minimum atomic E-state index is 0.174. The highest BCUT2D eigenvalue weighted by Crippen LogP contribution is 1.78. The van der Waals surface area contributed by atoms with Crippen molar-refractivity contribution in [3.63, 3.8) is 0 Å². The molecule has 0 aromatic heterocycles. The smallest absolute Gasteiger partial charge is 0.165 e. The average Bonchev–Trinajstić information content (AvgIpc) is 1.84. The van der Waals surface area contributed by atoms with Crippen molar-refractivity contribution in [2.75, 3.05) is 0 Å². The Balaban J connectivity index is 4.04. The summed E-state index contributed by atoms with van der Waals surface area (Å²) in [6.07, 6.45) is 1.63. The molecule has 0 unspecified atom stereocenters. The van der Waals surface area contributed by atoms with Crippen molar-refractivity contribution in [1.29, 1.82) is 0 Å². The lowest BCUT2D eigenvalue weighted by atomic mass is 10.4. The van der Waals surface area contributed by atoms with Crippen molar-refractivity contribution in [3.8, 4) is 0 Å². The number of nitrogens with zero attached hydrogens (tertiary/aromatic N) is 1. The summed E-state index contributed by atoms with van der Waals surface area (Å²) in [7, 11) is 0. The van der Waals surface area contributed by atoms with E-state index in [0.717, 1.165) is 0 Å². The second-order valence-electron chi connectivity index (χ2n) is 1.26. The first kappa shape index (κ1) is 6.81. The maximum absolute atomic E-state index is 5.25. The zero-order chi connectivity index (χ0) is 6.57. The van der Waals surface area contributed by atoms with Crippen LogP contribution in [0.5, 0.6) is 0 Å². The lowest BCUT2D eigenvalue weighted by Gasteiger charge is -1.93. The molecule has 6 N–H and O–H groups in total. The molecule has 0 aliphatic rings. The van der Waals surface area contributed by atoms with Crippen LogP contribution >= 0.6 is 0 Å². The molecule has 0 aromatic carbocycles. The lowest BCUT2D eigenvalue weighted by molar-refractivity contribution is 1.21. The molecule has 0 spiro atoms. The minimum Gasteiger partial charge on any atom is -0.396 e. The molecule has 0 aromatic rings. The molecule has 0 amide bonds. The van der Waals surface area contributed by atoms with Crippen molar-refractivity contribution >= 4 is 5.84 Å². The second-order valence-corrected chi connectivity index (χ2v) is 1.26. The van der Waals surface area contributed by atoms with Crippen LogP contribution in [0, 0.1) is 0 Å². The molecular weight excluding hydrogens is 104 g/mol. The molecule has 0 aliphatic heterocycles. The zero-order valence-corrected chi connectivity index (χ0v) is 4.76. The van der Waals surface area contributed by atoms with E-state index < -0.39 is 0 Å². The minimum absolute atomic E-state index is 0.174. The van der Waals surface area contributed by atoms with E-state index in [2.05, 4.69) is 5.10 Å². The van der Waals surface area contributed by atoms with Gasteiger partial charge in [-0.15, -0.1) is 0 Å². The van der Waals surface area contributed by atoms with Gasteiger partial charge in [-0.25, -0.2) is 0 Å². The third-order valence-corrected chi connectivity index (χ3v) is 0.746. The topological polar surface area (TPSA) is 90.4 Å². The molecule has 0 saturated carbocycles. The van der Waals surface area contributed by atoms with Crippen LogP contribution in [0.1, 0.15) is 6.92 Å². The predicted octanol–water partition coefficient (Wildman–Crippen LogP) is -0.920. The van der Waals surface area contributed by atoms with Crippen LogP contribution in [0.4, 0.5) is 0 Å². The fraction of sp³-hybridized carbons (Fsp3) is 0.250. The first-order valence-corrected chi connectivity index (χ1v) is 2.18. The molecule has 46 valence electrons. The van der Waals surface area contributed by atoms with Gasteiger partial charge < -0.3 is 17.3 Å². The van der Waals surface area contributed by atoms with E-state index in [1.807, 2.05) is 0 Å². The van der Waals surface area contributed by atoms with Gasteiger partial charge in [0.1, 0.15) is 0 Å². The first-order chi connectivity index (χ1) is 3.72. The molecule has 0 fully saturated rings. The van der Waals surface area contributed by atoms with E-state index in [1.54, 1.807) is 13.0 Å². The summed E-state index contributed by atoms with van der Waals surface area (Å²) in [5.74, 6) is 4.96. The number of hydrazone groups is 1. The summed E-state index contributed by atoms with van der Waals surface area (Å²) in [6, 6.07) is 0. The van der Waals surface area contributed by atoms with E-state index >= 15 is 0 Å². The molecule has 8 heavy (non-hydrogen) atoms.